The van der Waals surface area contributed by atoms with Crippen LogP contribution in [0, 0.1) is 42.7 Å². The Balaban J connectivity index is 0.000000357. The van der Waals surface area contributed by atoms with Crippen LogP contribution >= 0.6 is 0 Å². The zero-order valence-electron chi connectivity index (χ0n) is 18.8. The highest BCUT2D eigenvalue weighted by Crippen LogP contribution is 2.33. The normalized spacial score (nSPS) is 18.7. The number of hydrogen-bond donors (Lipinski definition) is 2. The molecule has 5 heteroatoms. The summed E-state index contributed by atoms with van der Waals surface area (Å²) in [6, 6.07) is 8.00. The van der Waals surface area contributed by atoms with Gasteiger partial charge in [0.25, 0.3) is 0 Å². The third-order valence-electron chi connectivity index (χ3n) is 5.77. The van der Waals surface area contributed by atoms with Crippen molar-refractivity contribution in [2.45, 2.75) is 65.9 Å². The van der Waals surface area contributed by atoms with Crippen molar-refractivity contribution in [2.75, 3.05) is 5.73 Å². The van der Waals surface area contributed by atoms with Gasteiger partial charge in [0.05, 0.1) is 29.0 Å². The minimum Gasteiger partial charge on any atom is -0.396 e. The molecule has 0 heterocycles. The van der Waals surface area contributed by atoms with E-state index in [0.717, 1.165) is 36.0 Å². The molecule has 3 nitrogen and oxygen atoms in total. The van der Waals surface area contributed by atoms with E-state index in [1.54, 1.807) is 12.1 Å². The maximum Gasteiger partial charge on any atom is 0.156 e. The van der Waals surface area contributed by atoms with Crippen molar-refractivity contribution in [3.8, 4) is 6.07 Å². The Bertz CT molecular complexity index is 974. The van der Waals surface area contributed by atoms with Crippen LogP contribution in [0.1, 0.15) is 73.8 Å². The third kappa shape index (κ3) is 6.15. The highest BCUT2D eigenvalue weighted by molar-refractivity contribution is 5.84. The highest BCUT2D eigenvalue weighted by Gasteiger charge is 2.20. The molecular formula is C26H32F2N2O. The molecule has 0 amide bonds. The van der Waals surface area contributed by atoms with E-state index in [4.69, 9.17) is 10.8 Å². The monoisotopic (exact) mass is 426 g/mol. The summed E-state index contributed by atoms with van der Waals surface area (Å²) >= 11 is 0. The molecule has 1 fully saturated rings. The number of halogens is 2. The van der Waals surface area contributed by atoms with Crippen LogP contribution in [0.4, 0.5) is 14.5 Å². The lowest BCUT2D eigenvalue weighted by molar-refractivity contribution is 0.112. The van der Waals surface area contributed by atoms with Gasteiger partial charge in [0.1, 0.15) is 5.82 Å². The number of anilines is 1. The van der Waals surface area contributed by atoms with Gasteiger partial charge in [0.15, 0.2) is 5.82 Å². The second kappa shape index (κ2) is 11.1. The van der Waals surface area contributed by atoms with Gasteiger partial charge in [-0.15, -0.1) is 0 Å². The van der Waals surface area contributed by atoms with Gasteiger partial charge in [-0.25, -0.2) is 8.78 Å². The van der Waals surface area contributed by atoms with Crippen molar-refractivity contribution in [1.29, 1.82) is 5.26 Å². The predicted molar refractivity (Wildman–Crippen MR) is 122 cm³/mol. The first-order valence-corrected chi connectivity index (χ1v) is 10.8. The average molecular weight is 427 g/mol. The van der Waals surface area contributed by atoms with E-state index in [0.29, 0.717) is 23.1 Å². The molecule has 166 valence electrons. The topological polar surface area (TPSA) is 70.0 Å². The molecule has 0 radical (unpaired) electrons. The minimum atomic E-state index is -0.775. The Morgan fingerprint density at radius 3 is 2.35 bits per heavy atom. The van der Waals surface area contributed by atoms with Crippen LogP contribution in [0.5, 0.6) is 0 Å². The number of nitriles is 1. The molecule has 0 atom stereocenters. The van der Waals surface area contributed by atoms with E-state index >= 15 is 0 Å². The fraction of sp³-hybridized carbons (Fsp3) is 0.423. The Morgan fingerprint density at radius 2 is 1.81 bits per heavy atom. The largest absolute Gasteiger partial charge is 0.396 e. The van der Waals surface area contributed by atoms with Gasteiger partial charge in [-0.05, 0) is 92.3 Å². The first-order valence-electron chi connectivity index (χ1n) is 10.8. The zero-order chi connectivity index (χ0) is 23.1. The number of rotatable bonds is 3. The summed E-state index contributed by atoms with van der Waals surface area (Å²) in [6.07, 6.45) is 6.87. The number of nitrogens with two attached hydrogens (primary N) is 1. The minimum absolute atomic E-state index is 0.0196. The van der Waals surface area contributed by atoms with Crippen molar-refractivity contribution in [2.24, 2.45) is 5.92 Å². The van der Waals surface area contributed by atoms with Gasteiger partial charge in [-0.2, -0.15) is 5.26 Å². The number of aliphatic hydroxyl groups is 1. The van der Waals surface area contributed by atoms with E-state index in [9.17, 15) is 14.0 Å². The van der Waals surface area contributed by atoms with Crippen molar-refractivity contribution >= 4 is 11.3 Å². The molecule has 1 aliphatic carbocycles. The molecule has 0 bridgehead atoms. The smallest absolute Gasteiger partial charge is 0.156 e. The van der Waals surface area contributed by atoms with E-state index in [-0.39, 0.29) is 17.4 Å². The fourth-order valence-electron chi connectivity index (χ4n) is 3.87. The van der Waals surface area contributed by atoms with Crippen LogP contribution in [0.2, 0.25) is 0 Å². The van der Waals surface area contributed by atoms with Gasteiger partial charge in [0, 0.05) is 0 Å². The summed E-state index contributed by atoms with van der Waals surface area (Å²) in [5, 5.41) is 18.3. The maximum absolute atomic E-state index is 14.4. The molecule has 0 spiro atoms. The molecule has 2 aromatic carbocycles. The number of allylic oxidation sites excluding steroid dienone is 1. The summed E-state index contributed by atoms with van der Waals surface area (Å²) in [4.78, 5) is 0. The second-order valence-electron chi connectivity index (χ2n) is 8.36. The van der Waals surface area contributed by atoms with Gasteiger partial charge in [-0.3, -0.25) is 0 Å². The number of aryl methyl sites for hydroxylation is 2. The number of nitrogen functional groups attached to an aromatic ring is 1. The van der Waals surface area contributed by atoms with Crippen molar-refractivity contribution in [3.63, 3.8) is 0 Å². The van der Waals surface area contributed by atoms with Crippen molar-refractivity contribution in [1.82, 2.24) is 0 Å². The lowest BCUT2D eigenvalue weighted by atomic mass is 9.89. The number of hydrogen-bond acceptors (Lipinski definition) is 3. The number of aliphatic hydroxyl groups excluding tert-OH is 1. The Kier molecular flexibility index (Phi) is 8.76. The van der Waals surface area contributed by atoms with Gasteiger partial charge in [-0.1, -0.05) is 26.0 Å². The average Bonchev–Trinajstić information content (AvgIpc) is 2.73. The van der Waals surface area contributed by atoms with E-state index < -0.39 is 11.6 Å². The fourth-order valence-corrected chi connectivity index (χ4v) is 3.87. The lowest BCUT2D eigenvalue weighted by Crippen LogP contribution is -2.15. The Labute approximate surface area is 184 Å². The van der Waals surface area contributed by atoms with Gasteiger partial charge >= 0.3 is 0 Å². The highest BCUT2D eigenvalue weighted by atomic mass is 19.1. The molecule has 0 saturated heterocycles. The SMILES string of the molecule is CC/C=C(\c1cc(C#N)c(C)cc1C)c1c(F)ccc(N)c1F.CC1CCC(O)CC1. The summed E-state index contributed by atoms with van der Waals surface area (Å²) in [5.41, 5.74) is 8.57. The third-order valence-corrected chi connectivity index (χ3v) is 5.77. The molecule has 3 rings (SSSR count). The summed E-state index contributed by atoms with van der Waals surface area (Å²) < 4.78 is 28.7. The van der Waals surface area contributed by atoms with E-state index in [1.807, 2.05) is 26.8 Å². The predicted octanol–water partition coefficient (Wildman–Crippen LogP) is 6.43. The molecule has 31 heavy (non-hydrogen) atoms. The molecule has 1 aliphatic rings. The van der Waals surface area contributed by atoms with Crippen LogP contribution in [-0.4, -0.2) is 11.2 Å². The molecule has 2 aromatic rings. The standard InChI is InChI=1S/C19H18F2N2.C7H14O/c1-4-5-14(18-16(20)6-7-17(23)19(18)21)15-9-13(10-22)11(2)8-12(15)3;1-6-2-4-7(8)5-3-6/h5-9H,4,23H2,1-3H3;6-8H,2-5H2,1H3/b14-5+;. The van der Waals surface area contributed by atoms with Crippen LogP contribution in [-0.2, 0) is 0 Å². The first kappa shape index (κ1) is 24.6. The number of benzene rings is 2. The summed E-state index contributed by atoms with van der Waals surface area (Å²) in [6.45, 7) is 7.83. The van der Waals surface area contributed by atoms with Crippen LogP contribution < -0.4 is 5.73 Å². The quantitative estimate of drug-likeness (QED) is 0.555. The molecule has 1 saturated carbocycles. The Hall–Kier alpha value is -2.71. The van der Waals surface area contributed by atoms with Crippen LogP contribution in [0.15, 0.2) is 30.3 Å². The lowest BCUT2D eigenvalue weighted by Gasteiger charge is -2.21. The van der Waals surface area contributed by atoms with E-state index in [1.165, 1.54) is 18.9 Å². The molecule has 0 aliphatic heterocycles. The number of nitrogens with zero attached hydrogens (tertiary/aromatic N) is 1. The molecule has 0 aromatic heterocycles. The van der Waals surface area contributed by atoms with Crippen LogP contribution in [0.25, 0.3) is 5.57 Å². The van der Waals surface area contributed by atoms with Gasteiger partial charge < -0.3 is 10.8 Å². The van der Waals surface area contributed by atoms with Crippen LogP contribution in [0.3, 0.4) is 0 Å². The van der Waals surface area contributed by atoms with Gasteiger partial charge in [0.2, 0.25) is 0 Å². The molecule has 3 N–H and O–H groups in total. The first-order chi connectivity index (χ1) is 14.7. The van der Waals surface area contributed by atoms with Crippen molar-refractivity contribution < 1.29 is 13.9 Å². The summed E-state index contributed by atoms with van der Waals surface area (Å²) in [7, 11) is 0. The van der Waals surface area contributed by atoms with E-state index in [2.05, 4.69) is 13.0 Å². The maximum atomic E-state index is 14.4. The Morgan fingerprint density at radius 1 is 1.16 bits per heavy atom. The van der Waals surface area contributed by atoms with Crippen molar-refractivity contribution in [3.05, 3.63) is 69.8 Å². The summed E-state index contributed by atoms with van der Waals surface area (Å²) in [5.74, 6) is -0.587. The second-order valence-corrected chi connectivity index (χ2v) is 8.36. The zero-order valence-corrected chi connectivity index (χ0v) is 18.8. The molecule has 0 unspecified atom stereocenters. The molecular weight excluding hydrogens is 394 g/mol.